The molecule has 4 aromatic rings. The van der Waals surface area contributed by atoms with Crippen LogP contribution in [0.1, 0.15) is 47.5 Å². The highest BCUT2D eigenvalue weighted by Crippen LogP contribution is 2.55. The van der Waals surface area contributed by atoms with Gasteiger partial charge in [-0.2, -0.15) is 0 Å². The van der Waals surface area contributed by atoms with Crippen LogP contribution in [-0.2, 0) is 0 Å². The quantitative estimate of drug-likeness (QED) is 0.282. The zero-order valence-corrected chi connectivity index (χ0v) is 20.8. The molecular weight excluding hydrogens is 486 g/mol. The van der Waals surface area contributed by atoms with Crippen molar-refractivity contribution in [2.24, 2.45) is 0 Å². The molecule has 0 spiro atoms. The van der Waals surface area contributed by atoms with Crippen LogP contribution in [0.25, 0.3) is 22.4 Å². The lowest BCUT2D eigenvalue weighted by atomic mass is 9.88. The molecule has 0 radical (unpaired) electrons. The maximum atomic E-state index is 15.5. The normalized spacial score (nSPS) is 15.7. The second-order valence-electron chi connectivity index (χ2n) is 9.06. The van der Waals surface area contributed by atoms with Gasteiger partial charge in [0.2, 0.25) is 0 Å². The van der Waals surface area contributed by atoms with Crippen LogP contribution in [0.4, 0.5) is 10.1 Å². The molecule has 0 bridgehead atoms. The van der Waals surface area contributed by atoms with Crippen LogP contribution in [0.3, 0.4) is 0 Å². The highest BCUT2D eigenvalue weighted by molar-refractivity contribution is 6.32. The van der Waals surface area contributed by atoms with Crippen molar-refractivity contribution < 1.29 is 13.9 Å². The molecule has 0 saturated heterocycles. The first-order valence-electron chi connectivity index (χ1n) is 11.3. The largest absolute Gasteiger partial charge is 0.496 e. The Labute approximate surface area is 212 Å². The Morgan fingerprint density at radius 3 is 2.46 bits per heavy atom. The SMILES string of the molecule is COc1ccccc1-c1cc2c(n1C(C)C)C1c3ccc(Cl)cc3-c3ccc(Cl)c(F)c3N1C2=O. The summed E-state index contributed by atoms with van der Waals surface area (Å²) in [6.07, 6.45) is 0. The summed E-state index contributed by atoms with van der Waals surface area (Å²) >= 11 is 12.6. The van der Waals surface area contributed by atoms with E-state index < -0.39 is 11.9 Å². The highest BCUT2D eigenvalue weighted by Gasteiger charge is 2.48. The van der Waals surface area contributed by atoms with Crippen LogP contribution in [0.5, 0.6) is 5.75 Å². The van der Waals surface area contributed by atoms with E-state index in [1.54, 1.807) is 18.1 Å². The molecule has 3 aromatic carbocycles. The van der Waals surface area contributed by atoms with E-state index in [-0.39, 0.29) is 22.7 Å². The van der Waals surface area contributed by atoms with E-state index in [1.807, 2.05) is 48.5 Å². The van der Waals surface area contributed by atoms with Gasteiger partial charge in [0.25, 0.3) is 5.91 Å². The van der Waals surface area contributed by atoms with Crippen molar-refractivity contribution in [3.8, 4) is 28.1 Å². The molecule has 1 aromatic heterocycles. The molecule has 0 saturated carbocycles. The van der Waals surface area contributed by atoms with Gasteiger partial charge in [-0.3, -0.25) is 9.69 Å². The number of hydrogen-bond acceptors (Lipinski definition) is 2. The van der Waals surface area contributed by atoms with Crippen LogP contribution in [0.2, 0.25) is 10.0 Å². The number of carbonyl (C=O) groups excluding carboxylic acids is 1. The highest BCUT2D eigenvalue weighted by atomic mass is 35.5. The van der Waals surface area contributed by atoms with E-state index in [0.29, 0.717) is 21.9 Å². The van der Waals surface area contributed by atoms with Crippen LogP contribution in [-0.4, -0.2) is 17.6 Å². The molecule has 2 aliphatic heterocycles. The molecule has 176 valence electrons. The van der Waals surface area contributed by atoms with Crippen LogP contribution in [0, 0.1) is 5.82 Å². The van der Waals surface area contributed by atoms with Crippen LogP contribution < -0.4 is 9.64 Å². The molecule has 1 amide bonds. The molecule has 1 atom stereocenters. The minimum Gasteiger partial charge on any atom is -0.496 e. The van der Waals surface area contributed by atoms with Gasteiger partial charge in [0.15, 0.2) is 5.82 Å². The van der Waals surface area contributed by atoms with Crippen LogP contribution in [0.15, 0.2) is 60.7 Å². The monoisotopic (exact) mass is 506 g/mol. The lowest BCUT2D eigenvalue weighted by molar-refractivity contribution is 0.0992. The van der Waals surface area contributed by atoms with Gasteiger partial charge in [0.1, 0.15) is 11.8 Å². The summed E-state index contributed by atoms with van der Waals surface area (Å²) in [7, 11) is 1.63. The third-order valence-corrected chi connectivity index (χ3v) is 7.38. The fraction of sp³-hybridized carbons (Fsp3) is 0.179. The number of aromatic nitrogens is 1. The number of halogens is 3. The van der Waals surface area contributed by atoms with Gasteiger partial charge in [-0.1, -0.05) is 47.5 Å². The maximum absolute atomic E-state index is 15.5. The summed E-state index contributed by atoms with van der Waals surface area (Å²) in [5.41, 5.74) is 5.59. The summed E-state index contributed by atoms with van der Waals surface area (Å²) < 4.78 is 23.3. The number of rotatable bonds is 3. The van der Waals surface area contributed by atoms with E-state index in [0.717, 1.165) is 28.1 Å². The van der Waals surface area contributed by atoms with E-state index in [9.17, 15) is 4.79 Å². The Hall–Kier alpha value is -3.28. The van der Waals surface area contributed by atoms with Crippen molar-refractivity contribution in [1.82, 2.24) is 4.57 Å². The van der Waals surface area contributed by atoms with E-state index in [2.05, 4.69) is 18.4 Å². The van der Waals surface area contributed by atoms with E-state index in [1.165, 1.54) is 6.07 Å². The first-order valence-corrected chi connectivity index (χ1v) is 12.1. The number of carbonyl (C=O) groups is 1. The fourth-order valence-corrected chi connectivity index (χ4v) is 5.81. The predicted octanol–water partition coefficient (Wildman–Crippen LogP) is 7.92. The van der Waals surface area contributed by atoms with Gasteiger partial charge >= 0.3 is 0 Å². The molecule has 6 rings (SSSR count). The third-order valence-electron chi connectivity index (χ3n) is 6.85. The van der Waals surface area contributed by atoms with Gasteiger partial charge in [-0.05, 0) is 61.4 Å². The lowest BCUT2D eigenvalue weighted by Gasteiger charge is -2.36. The standard InChI is InChI=1S/C28H21Cl2FN2O2/c1-14(2)32-22(18-6-4-5-7-23(18)35-3)13-20-27(32)26-17-9-8-15(29)12-19(17)16-10-11-21(30)24(31)25(16)33(26)28(20)34/h4-14,26H,1-3H3. The number of benzene rings is 3. The maximum Gasteiger partial charge on any atom is 0.261 e. The number of anilines is 1. The minimum atomic E-state index is -0.612. The van der Waals surface area contributed by atoms with Crippen molar-refractivity contribution in [2.45, 2.75) is 25.9 Å². The van der Waals surface area contributed by atoms with Crippen molar-refractivity contribution >= 4 is 34.8 Å². The average Bonchev–Trinajstić information content (AvgIpc) is 3.37. The topological polar surface area (TPSA) is 34.5 Å². The molecule has 0 N–H and O–H groups in total. The zero-order valence-electron chi connectivity index (χ0n) is 19.3. The summed E-state index contributed by atoms with van der Waals surface area (Å²) in [5.74, 6) is -0.156. The second kappa shape index (κ2) is 7.87. The zero-order chi connectivity index (χ0) is 24.6. The van der Waals surface area contributed by atoms with Crippen LogP contribution >= 0.6 is 23.2 Å². The molecular formula is C28H21Cl2FN2O2. The molecule has 0 aliphatic carbocycles. The number of hydrogen-bond donors (Lipinski definition) is 0. The first-order chi connectivity index (χ1) is 16.8. The number of methoxy groups -OCH3 is 1. The van der Waals surface area contributed by atoms with Gasteiger partial charge in [-0.15, -0.1) is 0 Å². The number of nitrogens with zero attached hydrogens (tertiary/aromatic N) is 2. The molecule has 0 fully saturated rings. The number of para-hydroxylation sites is 1. The first kappa shape index (κ1) is 22.2. The Morgan fingerprint density at radius 1 is 0.943 bits per heavy atom. The Morgan fingerprint density at radius 2 is 1.71 bits per heavy atom. The van der Waals surface area contributed by atoms with E-state index in [4.69, 9.17) is 27.9 Å². The summed E-state index contributed by atoms with van der Waals surface area (Å²) in [5, 5.41) is 0.510. The van der Waals surface area contributed by atoms with Crippen molar-refractivity contribution in [1.29, 1.82) is 0 Å². The molecule has 3 heterocycles. The summed E-state index contributed by atoms with van der Waals surface area (Å²) in [6.45, 7) is 4.15. The van der Waals surface area contributed by atoms with Gasteiger partial charge in [0.05, 0.1) is 34.8 Å². The number of ether oxygens (including phenoxy) is 1. The van der Waals surface area contributed by atoms with Crippen molar-refractivity contribution in [2.75, 3.05) is 12.0 Å². The van der Waals surface area contributed by atoms with Gasteiger partial charge < -0.3 is 9.30 Å². The van der Waals surface area contributed by atoms with Crippen molar-refractivity contribution in [3.05, 3.63) is 93.3 Å². The predicted molar refractivity (Wildman–Crippen MR) is 137 cm³/mol. The molecule has 2 aliphatic rings. The number of fused-ring (bicyclic) bond motifs is 8. The molecule has 1 unspecified atom stereocenters. The third kappa shape index (κ3) is 3.01. The van der Waals surface area contributed by atoms with Crippen molar-refractivity contribution in [3.63, 3.8) is 0 Å². The Balaban J connectivity index is 1.69. The molecule has 35 heavy (non-hydrogen) atoms. The Kier molecular flexibility index (Phi) is 4.99. The van der Waals surface area contributed by atoms with Gasteiger partial charge in [0, 0.05) is 22.2 Å². The summed E-state index contributed by atoms with van der Waals surface area (Å²) in [4.78, 5) is 15.5. The average molecular weight is 507 g/mol. The second-order valence-corrected chi connectivity index (χ2v) is 9.90. The van der Waals surface area contributed by atoms with Gasteiger partial charge in [-0.25, -0.2) is 4.39 Å². The molecule has 7 heteroatoms. The lowest BCUT2D eigenvalue weighted by Crippen LogP contribution is -2.34. The fourth-order valence-electron chi connectivity index (χ4n) is 5.49. The molecule has 4 nitrogen and oxygen atoms in total. The van der Waals surface area contributed by atoms with E-state index >= 15 is 4.39 Å². The summed E-state index contributed by atoms with van der Waals surface area (Å²) in [6, 6.07) is 18.0. The number of amides is 1. The minimum absolute atomic E-state index is 0.0211. The Bertz CT molecular complexity index is 1540. The smallest absolute Gasteiger partial charge is 0.261 e.